The van der Waals surface area contributed by atoms with Crippen LogP contribution in [-0.2, 0) is 18.4 Å². The summed E-state index contributed by atoms with van der Waals surface area (Å²) in [5, 5.41) is 0.412. The molecule has 0 unspecified atom stereocenters. The monoisotopic (exact) mass is 323 g/mol. The van der Waals surface area contributed by atoms with Crippen LogP contribution in [0.15, 0.2) is 64.2 Å². The lowest BCUT2D eigenvalue weighted by Crippen LogP contribution is -2.41. The van der Waals surface area contributed by atoms with Crippen molar-refractivity contribution in [3.63, 3.8) is 0 Å². The van der Waals surface area contributed by atoms with Crippen LogP contribution in [0.2, 0.25) is 0 Å². The summed E-state index contributed by atoms with van der Waals surface area (Å²) in [5.74, 6) is -0.243. The molecule has 1 aromatic heterocycles. The molecule has 3 rings (SSSR count). The number of benzene rings is 2. The number of hydrogen-bond donors (Lipinski definition) is 0. The molecule has 6 nitrogen and oxygen atoms in total. The van der Waals surface area contributed by atoms with E-state index in [1.807, 2.05) is 30.3 Å². The summed E-state index contributed by atoms with van der Waals surface area (Å²) >= 11 is 0. The number of fused-ring (bicyclic) bond motifs is 1. The van der Waals surface area contributed by atoms with Crippen molar-refractivity contribution in [2.75, 3.05) is 11.9 Å². The molecule has 0 atom stereocenters. The van der Waals surface area contributed by atoms with E-state index in [9.17, 15) is 14.4 Å². The van der Waals surface area contributed by atoms with Gasteiger partial charge in [-0.2, -0.15) is 0 Å². The first kappa shape index (κ1) is 15.7. The molecular weight excluding hydrogens is 306 g/mol. The molecule has 0 bridgehead atoms. The van der Waals surface area contributed by atoms with Crippen LogP contribution in [0.25, 0.3) is 10.9 Å². The first-order chi connectivity index (χ1) is 11.5. The number of likely N-dealkylation sites (N-methyl/N-ethyl adjacent to an activating group) is 1. The maximum atomic E-state index is 12.6. The van der Waals surface area contributed by atoms with Crippen LogP contribution in [-0.4, -0.2) is 22.1 Å². The second-order valence-electron chi connectivity index (χ2n) is 5.54. The molecule has 0 aliphatic carbocycles. The molecule has 24 heavy (non-hydrogen) atoms. The first-order valence-electron chi connectivity index (χ1n) is 7.51. The lowest BCUT2D eigenvalue weighted by Gasteiger charge is -2.19. The summed E-state index contributed by atoms with van der Waals surface area (Å²) in [7, 11) is 3.08. The highest BCUT2D eigenvalue weighted by atomic mass is 16.2. The van der Waals surface area contributed by atoms with Crippen LogP contribution in [0, 0.1) is 0 Å². The number of carbonyl (C=O) groups excluding carboxylic acids is 1. The Morgan fingerprint density at radius 1 is 1.00 bits per heavy atom. The number of hydrogen-bond acceptors (Lipinski definition) is 3. The molecule has 1 amide bonds. The maximum Gasteiger partial charge on any atom is 0.331 e. The molecule has 6 heteroatoms. The fraction of sp³-hybridized carbons (Fsp3) is 0.167. The standard InChI is InChI=1S/C18H17N3O3/c1-19(13-8-4-3-5-9-13)16(22)12-21-15-11-7-6-10-14(15)17(23)20(2)18(21)24/h3-11H,12H2,1-2H3. The van der Waals surface area contributed by atoms with Crippen molar-refractivity contribution in [1.82, 2.24) is 9.13 Å². The minimum atomic E-state index is -0.506. The van der Waals surface area contributed by atoms with Crippen molar-refractivity contribution < 1.29 is 4.79 Å². The molecule has 1 heterocycles. The van der Waals surface area contributed by atoms with Crippen LogP contribution < -0.4 is 16.1 Å². The molecule has 0 N–H and O–H groups in total. The van der Waals surface area contributed by atoms with Gasteiger partial charge in [0.05, 0.1) is 10.9 Å². The van der Waals surface area contributed by atoms with E-state index in [0.717, 1.165) is 10.3 Å². The predicted octanol–water partition coefficient (Wildman–Crippen LogP) is 1.36. The Labute approximate surface area is 138 Å². The lowest BCUT2D eigenvalue weighted by atomic mass is 10.2. The van der Waals surface area contributed by atoms with Gasteiger partial charge in [0.25, 0.3) is 5.56 Å². The van der Waals surface area contributed by atoms with Crippen LogP contribution >= 0.6 is 0 Å². The van der Waals surface area contributed by atoms with Crippen LogP contribution in [0.5, 0.6) is 0 Å². The highest BCUT2D eigenvalue weighted by Crippen LogP contribution is 2.13. The fourth-order valence-corrected chi connectivity index (χ4v) is 2.63. The minimum absolute atomic E-state index is 0.140. The number of nitrogens with zero attached hydrogens (tertiary/aromatic N) is 3. The Balaban J connectivity index is 2.06. The van der Waals surface area contributed by atoms with Gasteiger partial charge in [-0.05, 0) is 24.3 Å². The van der Waals surface area contributed by atoms with Crippen LogP contribution in [0.1, 0.15) is 0 Å². The van der Waals surface area contributed by atoms with Gasteiger partial charge in [0, 0.05) is 19.8 Å². The van der Waals surface area contributed by atoms with Crippen LogP contribution in [0.3, 0.4) is 0 Å². The molecule has 122 valence electrons. The highest BCUT2D eigenvalue weighted by Gasteiger charge is 2.16. The minimum Gasteiger partial charge on any atom is -0.314 e. The van der Waals surface area contributed by atoms with Gasteiger partial charge in [-0.25, -0.2) is 4.79 Å². The zero-order chi connectivity index (χ0) is 17.3. The first-order valence-corrected chi connectivity index (χ1v) is 7.51. The van der Waals surface area contributed by atoms with Crippen molar-refractivity contribution >= 4 is 22.5 Å². The van der Waals surface area contributed by atoms with Gasteiger partial charge < -0.3 is 4.90 Å². The van der Waals surface area contributed by atoms with Crippen LogP contribution in [0.4, 0.5) is 5.69 Å². The fourth-order valence-electron chi connectivity index (χ4n) is 2.63. The number of amides is 1. The molecule has 0 spiro atoms. The summed E-state index contributed by atoms with van der Waals surface area (Å²) in [4.78, 5) is 38.7. The molecule has 0 fully saturated rings. The zero-order valence-corrected chi connectivity index (χ0v) is 13.5. The van der Waals surface area contributed by atoms with Gasteiger partial charge in [0.1, 0.15) is 6.54 Å². The number of rotatable bonds is 3. The van der Waals surface area contributed by atoms with E-state index in [1.54, 1.807) is 31.3 Å². The summed E-state index contributed by atoms with van der Waals surface area (Å²) < 4.78 is 2.36. The predicted molar refractivity (Wildman–Crippen MR) is 93.3 cm³/mol. The Bertz CT molecular complexity index is 1020. The van der Waals surface area contributed by atoms with Crippen molar-refractivity contribution in [1.29, 1.82) is 0 Å². The van der Waals surface area contributed by atoms with Crippen molar-refractivity contribution in [3.05, 3.63) is 75.4 Å². The SMILES string of the molecule is CN(C(=O)Cn1c(=O)n(C)c(=O)c2ccccc21)c1ccccc1. The van der Waals surface area contributed by atoms with Gasteiger partial charge in [0.2, 0.25) is 5.91 Å². The Hall–Kier alpha value is -3.15. The van der Waals surface area contributed by atoms with E-state index in [-0.39, 0.29) is 18.0 Å². The smallest absolute Gasteiger partial charge is 0.314 e. The van der Waals surface area contributed by atoms with E-state index in [1.165, 1.54) is 16.5 Å². The second kappa shape index (κ2) is 6.16. The van der Waals surface area contributed by atoms with E-state index in [2.05, 4.69) is 0 Å². The molecule has 0 aliphatic rings. The summed E-state index contributed by atoms with van der Waals surface area (Å²) in [5.41, 5.74) is 0.328. The Kier molecular flexibility index (Phi) is 4.04. The molecule has 0 saturated heterocycles. The molecule has 0 aliphatic heterocycles. The highest BCUT2D eigenvalue weighted by molar-refractivity contribution is 5.93. The molecule has 2 aromatic carbocycles. The van der Waals surface area contributed by atoms with E-state index < -0.39 is 5.69 Å². The average Bonchev–Trinajstić information content (AvgIpc) is 2.63. The quantitative estimate of drug-likeness (QED) is 0.731. The third kappa shape index (κ3) is 2.62. The lowest BCUT2D eigenvalue weighted by molar-refractivity contribution is -0.118. The largest absolute Gasteiger partial charge is 0.331 e. The topological polar surface area (TPSA) is 64.3 Å². The van der Waals surface area contributed by atoms with Gasteiger partial charge >= 0.3 is 5.69 Å². The normalized spacial score (nSPS) is 10.8. The Morgan fingerprint density at radius 3 is 2.33 bits per heavy atom. The van der Waals surface area contributed by atoms with E-state index >= 15 is 0 Å². The summed E-state index contributed by atoms with van der Waals surface area (Å²) in [6.07, 6.45) is 0. The van der Waals surface area contributed by atoms with Gasteiger partial charge in [-0.3, -0.25) is 18.7 Å². The average molecular weight is 323 g/mol. The van der Waals surface area contributed by atoms with Gasteiger partial charge in [0.15, 0.2) is 0 Å². The molecule has 0 radical (unpaired) electrons. The van der Waals surface area contributed by atoms with E-state index in [4.69, 9.17) is 0 Å². The summed E-state index contributed by atoms with van der Waals surface area (Å²) in [6.45, 7) is -0.140. The zero-order valence-electron chi connectivity index (χ0n) is 13.5. The van der Waals surface area contributed by atoms with Crippen molar-refractivity contribution in [2.45, 2.75) is 6.54 Å². The Morgan fingerprint density at radius 2 is 1.62 bits per heavy atom. The molecular formula is C18H17N3O3. The molecule has 3 aromatic rings. The van der Waals surface area contributed by atoms with Crippen molar-refractivity contribution in [3.8, 4) is 0 Å². The summed E-state index contributed by atoms with van der Waals surface area (Å²) in [6, 6.07) is 16.0. The third-order valence-corrected chi connectivity index (χ3v) is 4.06. The molecule has 0 saturated carbocycles. The number of carbonyl (C=O) groups is 1. The number of anilines is 1. The van der Waals surface area contributed by atoms with Crippen molar-refractivity contribution in [2.24, 2.45) is 7.05 Å². The second-order valence-corrected chi connectivity index (χ2v) is 5.54. The van der Waals surface area contributed by atoms with E-state index in [0.29, 0.717) is 10.9 Å². The maximum absolute atomic E-state index is 12.6. The number of para-hydroxylation sites is 2. The van der Waals surface area contributed by atoms with Gasteiger partial charge in [-0.1, -0.05) is 30.3 Å². The third-order valence-electron chi connectivity index (χ3n) is 4.06. The number of aromatic nitrogens is 2. The van der Waals surface area contributed by atoms with Gasteiger partial charge in [-0.15, -0.1) is 0 Å².